The van der Waals surface area contributed by atoms with Crippen LogP contribution in [0.4, 0.5) is 0 Å². The summed E-state index contributed by atoms with van der Waals surface area (Å²) in [5.41, 5.74) is 0. The maximum Gasteiger partial charge on any atom is 0.370 e. The van der Waals surface area contributed by atoms with Crippen molar-refractivity contribution < 1.29 is 204 Å². The van der Waals surface area contributed by atoms with Crippen molar-refractivity contribution in [3.63, 3.8) is 0 Å². The summed E-state index contributed by atoms with van der Waals surface area (Å²) in [6.07, 6.45) is 0. The first-order valence-electron chi connectivity index (χ1n) is 43.8. The average Bonchev–Trinajstić information content (AvgIpc) is 0.715. The number of nitrogens with zero attached hydrogens (tertiary/aromatic N) is 9. The first-order valence-corrected chi connectivity index (χ1v) is 85.8. The van der Waals surface area contributed by atoms with E-state index in [2.05, 4.69) is 55.4 Å². The van der Waals surface area contributed by atoms with Crippen LogP contribution in [0.2, 0.25) is 157 Å². The molecule has 2 fully saturated rings. The van der Waals surface area contributed by atoms with E-state index in [1.165, 1.54) is 41.4 Å². The molecule has 5 unspecified atom stereocenters. The van der Waals surface area contributed by atoms with E-state index in [9.17, 15) is 130 Å². The number of aliphatic hydroxyl groups is 2. The molecular weight excluding hydrogens is 2150 g/mol. The van der Waals surface area contributed by atoms with Crippen LogP contribution in [0, 0.1) is 0 Å². The van der Waals surface area contributed by atoms with Crippen LogP contribution >= 0.6 is 60.6 Å². The van der Waals surface area contributed by atoms with Crippen LogP contribution in [0.15, 0.2) is 0 Å². The fourth-order valence-electron chi connectivity index (χ4n) is 13.4. The number of aliphatic carboxylic acids is 7. The SMILES string of the molecule is CC(O)(CN(CCN(CCN(CC(=O)O)CC(O)(P(=O)(O)O)P(=O)(O)O)CC(=O)O)CC(=O)O)P(=O)(O)O.CP(O[Si](C)(C)C)O[Si](C)(C)C.C[Si](C)(C)OC(CN(CCN(CCN(CC(=O)O)CC(O[Si](C)(C)C)(P(C)(=O)O[Si](C)(C)C)P(=O)(O[Si](C)(C)C)O[Si](C)(C)C)CC(=O)O)CC(=O)O)(P(C)(C)=O)P(C)(=O)O[Si](C)(C)C.O=C(O)CN(CCN1CC(=O)OC(=O)C1)CCN1CC(=O)OC(=O)C1. The van der Waals surface area contributed by atoms with Gasteiger partial charge in [-0.1, -0.05) is 0 Å². The van der Waals surface area contributed by atoms with Gasteiger partial charge in [-0.25, -0.2) is 0 Å². The lowest BCUT2D eigenvalue weighted by Crippen LogP contribution is -2.55. The molecule has 822 valence electrons. The van der Waals surface area contributed by atoms with Crippen molar-refractivity contribution in [2.45, 2.75) is 185 Å². The van der Waals surface area contributed by atoms with Crippen LogP contribution < -0.4 is 0 Å². The Hall–Kier alpha value is -2.65. The summed E-state index contributed by atoms with van der Waals surface area (Å²) in [6, 6.07) is 0. The summed E-state index contributed by atoms with van der Waals surface area (Å²) in [5, 5.41) is 76.0. The van der Waals surface area contributed by atoms with Gasteiger partial charge < -0.3 is 123 Å². The Balaban J connectivity index is 0. The molecule has 2 aliphatic heterocycles. The largest absolute Gasteiger partial charge is 0.480 e. The predicted molar refractivity (Wildman–Crippen MR) is 543 cm³/mol. The summed E-state index contributed by atoms with van der Waals surface area (Å²) in [7, 11) is -53.6. The van der Waals surface area contributed by atoms with E-state index < -0.39 is 292 Å². The third kappa shape index (κ3) is 56.3. The van der Waals surface area contributed by atoms with Crippen molar-refractivity contribution in [1.82, 2.24) is 44.1 Å². The van der Waals surface area contributed by atoms with Crippen molar-refractivity contribution in [3.8, 4) is 0 Å². The molecule has 2 saturated heterocycles. The van der Waals surface area contributed by atoms with E-state index in [0.717, 1.165) is 16.7 Å². The van der Waals surface area contributed by atoms with Gasteiger partial charge in [0.2, 0.25) is 19.8 Å². The third-order valence-corrected chi connectivity index (χ3v) is 56.1. The standard InChI is InChI=1S/C36H87N3O16P4Si6.C15H32N3O17P3.C14H19N3O8.C7H21O2PSi2/c1-56(2,46)35(50-60(5,6)7,57(3,47)52-62(11,12)13)30-38(28-33(42)43)25-23-37(27-32(40)41)24-26-39(29-34(44)45)31-36(51-61(8,9)10,58(4,48)53-63(14,15)16)59(49,54-64(17,18)19)55-65(20,21)22;1-14(25,36(27,28)29)9-17(7-12(21)22)4-2-16(6-11(19)20)3-5-18(8-13(23)24)10-15(26,37(30,31)32)38(33,34)35;18-10(19)5-15(1-3-16-6-11(20)24-12(21)7-16)2-4-17-8-13(22)25-14(23)9-17;1-10(8-11(2,3)4)9-12(5,6)7/h23-31H2,1-22H3,(H,40,41)(H,42,43)(H,44,45);25-26H,2-10H2,1H3,(H,19,20)(H,21,22)(H,23,24)(H2,27,28,29)(H2,30,31,32)(H2,33,34,35);1-9H2,(H,18,19);1-7H3. The van der Waals surface area contributed by atoms with Gasteiger partial charge in [-0.2, -0.15) is 0 Å². The number of carboxylic acids is 7. The van der Waals surface area contributed by atoms with Crippen LogP contribution in [-0.4, -0.2) is 482 Å². The van der Waals surface area contributed by atoms with Crippen molar-refractivity contribution in [2.24, 2.45) is 0 Å². The zero-order valence-electron chi connectivity index (χ0n) is 86.3. The van der Waals surface area contributed by atoms with Gasteiger partial charge in [0.15, 0.2) is 77.0 Å². The lowest BCUT2D eigenvalue weighted by atomic mass is 10.3. The van der Waals surface area contributed by atoms with Gasteiger partial charge in [-0.05, 0) is 177 Å². The number of carbonyl (C=O) groups excluding carboxylic acids is 4. The highest BCUT2D eigenvalue weighted by molar-refractivity contribution is 7.80. The third-order valence-electron chi connectivity index (χ3n) is 18.1. The summed E-state index contributed by atoms with van der Waals surface area (Å²) in [6.45, 7) is 44.9. The van der Waals surface area contributed by atoms with Gasteiger partial charge in [-0.15, -0.1) is 0 Å². The molecule has 0 aromatic heterocycles. The molecule has 0 bridgehead atoms. The zero-order chi connectivity index (χ0) is 111. The Morgan fingerprint density at radius 2 is 0.557 bits per heavy atom. The molecule has 0 aromatic carbocycles. The van der Waals surface area contributed by atoms with Crippen LogP contribution in [0.25, 0.3) is 0 Å². The minimum atomic E-state index is -5.95. The van der Waals surface area contributed by atoms with Crippen LogP contribution in [-0.2, 0) is 128 Å². The maximum absolute atomic E-state index is 16.0. The summed E-state index contributed by atoms with van der Waals surface area (Å²) < 4.78 is 155. The number of ether oxygens (including phenoxy) is 2. The Bertz CT molecular complexity index is 4380. The number of carbonyl (C=O) groups is 11. The molecule has 2 rings (SSSR count). The Morgan fingerprint density at radius 1 is 0.336 bits per heavy atom. The number of morpholine rings is 2. The first-order chi connectivity index (χ1) is 62.0. The maximum atomic E-state index is 16.0. The molecule has 2 heterocycles. The van der Waals surface area contributed by atoms with Crippen LogP contribution in [0.5, 0.6) is 0 Å². The molecule has 2 aliphatic rings. The molecule has 0 amide bonds. The molecule has 140 heavy (non-hydrogen) atoms. The monoisotopic (exact) mass is 2310 g/mol. The van der Waals surface area contributed by atoms with Crippen LogP contribution in [0.1, 0.15) is 6.92 Å². The van der Waals surface area contributed by atoms with E-state index in [-0.39, 0.29) is 72.0 Å². The van der Waals surface area contributed by atoms with Gasteiger partial charge in [0.05, 0.1) is 78.5 Å². The van der Waals surface area contributed by atoms with Crippen molar-refractivity contribution in [2.75, 3.05) is 210 Å². The molecule has 0 spiro atoms. The molecule has 52 nitrogen and oxygen atoms in total. The van der Waals surface area contributed by atoms with Gasteiger partial charge in [0.25, 0.3) is 5.08 Å². The van der Waals surface area contributed by atoms with E-state index >= 15 is 9.13 Å². The zero-order valence-corrected chi connectivity index (χ0v) is 101. The molecule has 0 aromatic rings. The van der Waals surface area contributed by atoms with E-state index in [4.69, 9.17) is 54.6 Å². The minimum Gasteiger partial charge on any atom is -0.480 e. The average molecular weight is 2310 g/mol. The molecular formula is C72H159N9O43P8Si8. The number of cyclic esters (lactones) is 4. The smallest absolute Gasteiger partial charge is 0.370 e. The summed E-state index contributed by atoms with van der Waals surface area (Å²) in [5.74, 6) is -11.9. The summed E-state index contributed by atoms with van der Waals surface area (Å²) >= 11 is 0. The molecule has 0 aliphatic carbocycles. The second kappa shape index (κ2) is 55.9. The Labute approximate surface area is 830 Å². The quantitative estimate of drug-likeness (QED) is 0.0144. The fourth-order valence-corrected chi connectivity index (χ4v) is 56.1. The van der Waals surface area contributed by atoms with E-state index in [1.54, 1.807) is 54.0 Å². The topological polar surface area (TPSA) is 732 Å². The van der Waals surface area contributed by atoms with Gasteiger partial charge in [0.1, 0.15) is 15.5 Å². The van der Waals surface area contributed by atoms with Crippen LogP contribution in [0.3, 0.4) is 0 Å². The Morgan fingerprint density at radius 3 is 0.786 bits per heavy atom. The van der Waals surface area contributed by atoms with Crippen molar-refractivity contribution >= 4 is 193 Å². The van der Waals surface area contributed by atoms with E-state index in [1.807, 2.05) is 78.6 Å². The van der Waals surface area contributed by atoms with Gasteiger partial charge in [0, 0.05) is 118 Å². The number of carboxylic acid groups (broad SMARTS) is 7. The molecule has 0 radical (unpaired) electrons. The number of rotatable bonds is 63. The van der Waals surface area contributed by atoms with Crippen molar-refractivity contribution in [1.29, 1.82) is 0 Å². The van der Waals surface area contributed by atoms with Gasteiger partial charge in [-0.3, -0.25) is 124 Å². The highest BCUT2D eigenvalue weighted by Gasteiger charge is 2.68. The molecule has 15 N–H and O–H groups in total. The minimum absolute atomic E-state index is 0.0287. The Kier molecular flexibility index (Phi) is 55.7. The van der Waals surface area contributed by atoms with Crippen molar-refractivity contribution in [3.05, 3.63) is 0 Å². The second-order valence-electron chi connectivity index (χ2n) is 42.3. The number of hydrogen-bond donors (Lipinski definition) is 15. The lowest BCUT2D eigenvalue weighted by Gasteiger charge is -2.50. The lowest BCUT2D eigenvalue weighted by molar-refractivity contribution is -0.168. The predicted octanol–water partition coefficient (Wildman–Crippen LogP) is 6.00. The second-order valence-corrected chi connectivity index (χ2v) is 98.5. The normalized spacial score (nSPS) is 17.2. The summed E-state index contributed by atoms with van der Waals surface area (Å²) in [4.78, 5) is 194. The molecule has 68 heteroatoms. The number of esters is 4. The highest BCUT2D eigenvalue weighted by atomic mass is 31.2. The molecule has 0 saturated carbocycles. The molecule has 5 atom stereocenters. The first kappa shape index (κ1) is 139. The van der Waals surface area contributed by atoms with Gasteiger partial charge >= 0.3 is 96.0 Å². The van der Waals surface area contributed by atoms with E-state index in [0.29, 0.717) is 31.1 Å². The highest BCUT2D eigenvalue weighted by Crippen LogP contribution is 2.79. The fraction of sp³-hybridized carbons (Fsp3) is 0.847. The number of hydrogen-bond acceptors (Lipinski definition) is 39.